The van der Waals surface area contributed by atoms with E-state index in [1.807, 2.05) is 30.3 Å². The molecule has 4 rings (SSSR count). The Morgan fingerprint density at radius 3 is 2.33 bits per heavy atom. The summed E-state index contributed by atoms with van der Waals surface area (Å²) >= 11 is 0. The molecule has 3 aromatic carbocycles. The van der Waals surface area contributed by atoms with Crippen LogP contribution in [0.15, 0.2) is 71.6 Å². The largest absolute Gasteiger partial charge is 0.294 e. The van der Waals surface area contributed by atoms with Gasteiger partial charge in [-0.15, -0.1) is 0 Å². The number of Topliss-reactive ketones (excluding diaryl/α,β-unsaturated/α-hetero) is 1. The molecule has 1 aliphatic heterocycles. The van der Waals surface area contributed by atoms with Crippen LogP contribution in [0.5, 0.6) is 0 Å². The molecule has 0 aliphatic carbocycles. The van der Waals surface area contributed by atoms with E-state index in [0.717, 1.165) is 10.8 Å². The van der Waals surface area contributed by atoms with Gasteiger partial charge in [0.2, 0.25) is 0 Å². The van der Waals surface area contributed by atoms with Crippen molar-refractivity contribution in [2.24, 2.45) is 0 Å². The van der Waals surface area contributed by atoms with Crippen LogP contribution in [0.3, 0.4) is 0 Å². The molecule has 0 spiro atoms. The Hall–Kier alpha value is -2.66. The number of fused-ring (bicyclic) bond motifs is 3. The first-order valence-corrected chi connectivity index (χ1v) is 9.16. The number of rotatable bonds is 2. The normalized spacial score (nSPS) is 14.7. The molecule has 0 radical (unpaired) electrons. The Morgan fingerprint density at radius 2 is 1.54 bits per heavy atom. The van der Waals surface area contributed by atoms with Crippen LogP contribution in [0, 0.1) is 0 Å². The van der Waals surface area contributed by atoms with Gasteiger partial charge in [0.15, 0.2) is 5.78 Å². The van der Waals surface area contributed by atoms with Crippen LogP contribution in [0.1, 0.15) is 16.8 Å². The molecule has 4 nitrogen and oxygen atoms in total. The van der Waals surface area contributed by atoms with E-state index in [-0.39, 0.29) is 23.6 Å². The van der Waals surface area contributed by atoms with Crippen molar-refractivity contribution in [2.45, 2.75) is 11.3 Å². The van der Waals surface area contributed by atoms with Gasteiger partial charge in [0.05, 0.1) is 10.6 Å². The minimum Gasteiger partial charge on any atom is -0.294 e. The zero-order valence-corrected chi connectivity index (χ0v) is 13.7. The van der Waals surface area contributed by atoms with E-state index in [0.29, 0.717) is 11.3 Å². The summed E-state index contributed by atoms with van der Waals surface area (Å²) in [6.07, 6.45) is 0.192. The number of carbonyl (C=O) groups excluding carboxylic acids is 1. The number of nitrogens with zero attached hydrogens (tertiary/aromatic N) is 1. The van der Waals surface area contributed by atoms with Gasteiger partial charge in [0, 0.05) is 23.9 Å². The molecular formula is C19H15NO3S. The molecule has 0 amide bonds. The van der Waals surface area contributed by atoms with Crippen molar-refractivity contribution in [3.05, 3.63) is 72.3 Å². The summed E-state index contributed by atoms with van der Waals surface area (Å²) in [5.74, 6) is -0.0183. The third-order valence-electron chi connectivity index (χ3n) is 4.32. The maximum Gasteiger partial charge on any atom is 0.264 e. The fourth-order valence-corrected chi connectivity index (χ4v) is 4.68. The van der Waals surface area contributed by atoms with E-state index >= 15 is 0 Å². The van der Waals surface area contributed by atoms with Crippen molar-refractivity contribution in [3.63, 3.8) is 0 Å². The number of hydrogen-bond donors (Lipinski definition) is 0. The maximum absolute atomic E-state index is 13.1. The average molecular weight is 337 g/mol. The van der Waals surface area contributed by atoms with Gasteiger partial charge >= 0.3 is 0 Å². The molecule has 0 N–H and O–H groups in total. The molecule has 120 valence electrons. The minimum absolute atomic E-state index is 0.0183. The lowest BCUT2D eigenvalue weighted by atomic mass is 9.97. The van der Waals surface area contributed by atoms with Crippen LogP contribution >= 0.6 is 0 Å². The third-order valence-corrected chi connectivity index (χ3v) is 6.14. The van der Waals surface area contributed by atoms with Crippen LogP contribution in [-0.4, -0.2) is 20.7 Å². The van der Waals surface area contributed by atoms with E-state index in [9.17, 15) is 13.2 Å². The van der Waals surface area contributed by atoms with Gasteiger partial charge in [-0.1, -0.05) is 48.5 Å². The fourth-order valence-electron chi connectivity index (χ4n) is 3.16. The van der Waals surface area contributed by atoms with E-state index in [1.54, 1.807) is 36.4 Å². The van der Waals surface area contributed by atoms with Crippen molar-refractivity contribution in [1.29, 1.82) is 0 Å². The molecule has 1 aliphatic rings. The van der Waals surface area contributed by atoms with Gasteiger partial charge in [-0.3, -0.25) is 9.10 Å². The first-order valence-electron chi connectivity index (χ1n) is 7.72. The quantitative estimate of drug-likeness (QED) is 0.718. The molecule has 0 fully saturated rings. The van der Waals surface area contributed by atoms with Gasteiger partial charge in [-0.25, -0.2) is 8.42 Å². The summed E-state index contributed by atoms with van der Waals surface area (Å²) in [5, 5.41) is 1.70. The van der Waals surface area contributed by atoms with E-state index < -0.39 is 10.0 Å². The second-order valence-corrected chi connectivity index (χ2v) is 7.61. The first kappa shape index (κ1) is 14.9. The van der Waals surface area contributed by atoms with Gasteiger partial charge in [0.1, 0.15) is 0 Å². The highest BCUT2D eigenvalue weighted by atomic mass is 32.2. The molecule has 5 heteroatoms. The molecule has 3 aromatic rings. The average Bonchev–Trinajstić information content (AvgIpc) is 2.62. The Morgan fingerprint density at radius 1 is 0.833 bits per heavy atom. The Kier molecular flexibility index (Phi) is 3.39. The van der Waals surface area contributed by atoms with Gasteiger partial charge < -0.3 is 0 Å². The number of carbonyl (C=O) groups is 1. The van der Waals surface area contributed by atoms with Crippen molar-refractivity contribution in [3.8, 4) is 0 Å². The monoisotopic (exact) mass is 337 g/mol. The fraction of sp³-hybridized carbons (Fsp3) is 0.105. The van der Waals surface area contributed by atoms with Crippen LogP contribution in [0.4, 0.5) is 5.69 Å². The zero-order valence-electron chi connectivity index (χ0n) is 12.8. The number of ketones is 1. The van der Waals surface area contributed by atoms with Gasteiger partial charge in [-0.2, -0.15) is 0 Å². The highest BCUT2D eigenvalue weighted by molar-refractivity contribution is 7.92. The SMILES string of the molecule is O=C1CCN(S(=O)(=O)c2ccccc2)c2c1ccc1ccccc21. The predicted molar refractivity (Wildman–Crippen MR) is 93.9 cm³/mol. The number of anilines is 1. The van der Waals surface area contributed by atoms with Crippen LogP contribution in [0.25, 0.3) is 10.8 Å². The Bertz CT molecular complexity index is 1040. The summed E-state index contributed by atoms with van der Waals surface area (Å²) in [6, 6.07) is 19.5. The molecule has 0 aromatic heterocycles. The molecule has 0 unspecified atom stereocenters. The summed E-state index contributed by atoms with van der Waals surface area (Å²) in [4.78, 5) is 12.6. The summed E-state index contributed by atoms with van der Waals surface area (Å²) in [7, 11) is -3.71. The smallest absolute Gasteiger partial charge is 0.264 e. The number of hydrogen-bond acceptors (Lipinski definition) is 3. The van der Waals surface area contributed by atoms with Crippen molar-refractivity contribution >= 4 is 32.3 Å². The van der Waals surface area contributed by atoms with Crippen molar-refractivity contribution in [2.75, 3.05) is 10.8 Å². The number of sulfonamides is 1. The van der Waals surface area contributed by atoms with Gasteiger partial charge in [0.25, 0.3) is 10.0 Å². The predicted octanol–water partition coefficient (Wildman–Crippen LogP) is 3.62. The van der Waals surface area contributed by atoms with Crippen LogP contribution < -0.4 is 4.31 Å². The molecule has 0 atom stereocenters. The lowest BCUT2D eigenvalue weighted by Gasteiger charge is -2.31. The molecular weight excluding hydrogens is 322 g/mol. The topological polar surface area (TPSA) is 54.5 Å². The van der Waals surface area contributed by atoms with Crippen LogP contribution in [-0.2, 0) is 10.0 Å². The summed E-state index contributed by atoms with van der Waals surface area (Å²) in [6.45, 7) is 0.164. The standard InChI is InChI=1S/C19H15NO3S/c21-18-12-13-20(24(22,23)15-7-2-1-3-8-15)19-16-9-5-4-6-14(16)10-11-17(18)19/h1-11H,12-13H2. The Balaban J connectivity index is 2.00. The number of benzene rings is 3. The Labute approximate surface area is 140 Å². The van der Waals surface area contributed by atoms with E-state index in [2.05, 4.69) is 0 Å². The highest BCUT2D eigenvalue weighted by Crippen LogP contribution is 2.37. The van der Waals surface area contributed by atoms with E-state index in [1.165, 1.54) is 4.31 Å². The molecule has 0 saturated heterocycles. The van der Waals surface area contributed by atoms with E-state index in [4.69, 9.17) is 0 Å². The summed E-state index contributed by atoms with van der Waals surface area (Å²) < 4.78 is 27.6. The molecule has 1 heterocycles. The maximum atomic E-state index is 13.1. The van der Waals surface area contributed by atoms with Gasteiger partial charge in [-0.05, 0) is 23.6 Å². The lowest BCUT2D eigenvalue weighted by Crippen LogP contribution is -2.37. The second kappa shape index (κ2) is 5.46. The highest BCUT2D eigenvalue weighted by Gasteiger charge is 2.33. The minimum atomic E-state index is -3.71. The second-order valence-electron chi connectivity index (χ2n) is 5.75. The molecule has 0 bridgehead atoms. The lowest BCUT2D eigenvalue weighted by molar-refractivity contribution is 0.0982. The van der Waals surface area contributed by atoms with Crippen molar-refractivity contribution < 1.29 is 13.2 Å². The molecule has 0 saturated carbocycles. The first-order chi connectivity index (χ1) is 11.6. The van der Waals surface area contributed by atoms with Crippen LogP contribution in [0.2, 0.25) is 0 Å². The molecule has 24 heavy (non-hydrogen) atoms. The summed E-state index contributed by atoms with van der Waals surface area (Å²) in [5.41, 5.74) is 0.965. The third kappa shape index (κ3) is 2.20. The zero-order chi connectivity index (χ0) is 16.7. The van der Waals surface area contributed by atoms with Crippen molar-refractivity contribution in [1.82, 2.24) is 0 Å².